The van der Waals surface area contributed by atoms with E-state index in [-0.39, 0.29) is 23.6 Å². The molecule has 6 nitrogen and oxygen atoms in total. The molecular formula is C18H21N3O3. The Balaban J connectivity index is 1.89. The first-order chi connectivity index (χ1) is 11.7. The molecule has 0 aliphatic carbocycles. The number of aromatic nitrogens is 2. The number of piperidine rings is 1. The van der Waals surface area contributed by atoms with Crippen LogP contribution in [0.15, 0.2) is 47.7 Å². The Morgan fingerprint density at radius 1 is 1.38 bits per heavy atom. The first-order valence-electron chi connectivity index (χ1n) is 8.11. The molecule has 2 heterocycles. The molecule has 1 N–H and O–H groups in total. The van der Waals surface area contributed by atoms with Crippen LogP contribution in [0.5, 0.6) is 0 Å². The van der Waals surface area contributed by atoms with Crippen molar-refractivity contribution in [3.63, 3.8) is 0 Å². The third-order valence-electron chi connectivity index (χ3n) is 4.52. The summed E-state index contributed by atoms with van der Waals surface area (Å²) in [5.41, 5.74) is 0.810. The summed E-state index contributed by atoms with van der Waals surface area (Å²) in [4.78, 5) is 32.9. The van der Waals surface area contributed by atoms with Gasteiger partial charge in [-0.15, -0.1) is 0 Å². The fraction of sp³-hybridized carbons (Fsp3) is 0.389. The van der Waals surface area contributed by atoms with Gasteiger partial charge in [0, 0.05) is 19.9 Å². The predicted octanol–water partition coefficient (Wildman–Crippen LogP) is 1.63. The van der Waals surface area contributed by atoms with E-state index in [4.69, 9.17) is 4.74 Å². The first kappa shape index (κ1) is 16.4. The molecule has 0 radical (unpaired) electrons. The van der Waals surface area contributed by atoms with E-state index in [1.807, 2.05) is 30.3 Å². The molecule has 1 aromatic carbocycles. The van der Waals surface area contributed by atoms with Crippen molar-refractivity contribution in [2.75, 3.05) is 13.7 Å². The molecule has 1 aliphatic rings. The van der Waals surface area contributed by atoms with Gasteiger partial charge in [0.25, 0.3) is 11.5 Å². The number of aromatic amines is 1. The number of likely N-dealkylation sites (tertiary alicyclic amines) is 1. The van der Waals surface area contributed by atoms with Crippen LogP contribution in [0.2, 0.25) is 0 Å². The van der Waals surface area contributed by atoms with Crippen molar-refractivity contribution in [2.24, 2.45) is 0 Å². The van der Waals surface area contributed by atoms with Gasteiger partial charge in [-0.2, -0.15) is 0 Å². The van der Waals surface area contributed by atoms with E-state index in [9.17, 15) is 9.59 Å². The molecule has 1 aliphatic heterocycles. The molecule has 0 bridgehead atoms. The van der Waals surface area contributed by atoms with Crippen LogP contribution in [0.3, 0.4) is 0 Å². The van der Waals surface area contributed by atoms with E-state index in [1.54, 1.807) is 12.0 Å². The van der Waals surface area contributed by atoms with E-state index in [0.29, 0.717) is 13.0 Å². The number of carbonyl (C=O) groups is 1. The van der Waals surface area contributed by atoms with Gasteiger partial charge in [0.05, 0.1) is 18.5 Å². The van der Waals surface area contributed by atoms with Crippen molar-refractivity contribution < 1.29 is 9.53 Å². The smallest absolute Gasteiger partial charge is 0.263 e. The lowest BCUT2D eigenvalue weighted by Gasteiger charge is -2.40. The molecular weight excluding hydrogens is 306 g/mol. The summed E-state index contributed by atoms with van der Waals surface area (Å²) in [6, 6.07) is 9.92. The van der Waals surface area contributed by atoms with Gasteiger partial charge in [-0.05, 0) is 24.8 Å². The predicted molar refractivity (Wildman–Crippen MR) is 89.9 cm³/mol. The van der Waals surface area contributed by atoms with Gasteiger partial charge in [0.15, 0.2) is 0 Å². The second-order valence-corrected chi connectivity index (χ2v) is 5.97. The molecule has 6 heteroatoms. The molecule has 126 valence electrons. The van der Waals surface area contributed by atoms with Crippen molar-refractivity contribution in [1.29, 1.82) is 0 Å². The quantitative estimate of drug-likeness (QED) is 0.926. The van der Waals surface area contributed by atoms with E-state index >= 15 is 0 Å². The largest absolute Gasteiger partial charge is 0.379 e. The number of nitrogens with zero attached hydrogens (tertiary/aromatic N) is 2. The Hall–Kier alpha value is -2.47. The number of carbonyl (C=O) groups excluding carboxylic acids is 1. The standard InChI is InChI=1S/C18H21N3O3/c1-24-16-8-5-9-21(15(16)10-13-6-3-2-4-7-13)18(23)14-11-19-12-20-17(14)22/h2-4,6-7,11-12,15-16H,5,8-10H2,1H3,(H,19,20,22)/t15-,16-/m0/s1. The minimum atomic E-state index is -0.409. The number of ether oxygens (including phenoxy) is 1. The minimum Gasteiger partial charge on any atom is -0.379 e. The topological polar surface area (TPSA) is 75.3 Å². The molecule has 2 atom stereocenters. The highest BCUT2D eigenvalue weighted by Gasteiger charge is 2.35. The van der Waals surface area contributed by atoms with Crippen LogP contribution in [-0.2, 0) is 11.2 Å². The molecule has 2 aromatic rings. The molecule has 1 amide bonds. The number of benzene rings is 1. The highest BCUT2D eigenvalue weighted by Crippen LogP contribution is 2.24. The average molecular weight is 327 g/mol. The van der Waals surface area contributed by atoms with E-state index in [1.165, 1.54) is 12.5 Å². The molecule has 0 unspecified atom stereocenters. The summed E-state index contributed by atoms with van der Waals surface area (Å²) in [5.74, 6) is -0.285. The van der Waals surface area contributed by atoms with Crippen LogP contribution in [0.4, 0.5) is 0 Å². The number of methoxy groups -OCH3 is 1. The third kappa shape index (κ3) is 3.38. The second kappa shape index (κ2) is 7.40. The van der Waals surface area contributed by atoms with E-state index < -0.39 is 5.56 Å². The molecule has 0 spiro atoms. The Kier molecular flexibility index (Phi) is 5.05. The number of hydrogen-bond acceptors (Lipinski definition) is 4. The zero-order valence-corrected chi connectivity index (χ0v) is 13.6. The molecule has 1 aromatic heterocycles. The third-order valence-corrected chi connectivity index (χ3v) is 4.52. The lowest BCUT2D eigenvalue weighted by atomic mass is 9.92. The van der Waals surface area contributed by atoms with Gasteiger partial charge < -0.3 is 14.6 Å². The fourth-order valence-corrected chi connectivity index (χ4v) is 3.30. The van der Waals surface area contributed by atoms with Crippen molar-refractivity contribution in [2.45, 2.75) is 31.4 Å². The fourth-order valence-electron chi connectivity index (χ4n) is 3.30. The summed E-state index contributed by atoms with van der Waals surface area (Å²) in [6.45, 7) is 0.616. The van der Waals surface area contributed by atoms with Gasteiger partial charge in [-0.25, -0.2) is 4.98 Å². The number of H-pyrrole nitrogens is 1. The highest BCUT2D eigenvalue weighted by atomic mass is 16.5. The number of nitrogens with one attached hydrogen (secondary N) is 1. The summed E-state index contributed by atoms with van der Waals surface area (Å²) in [7, 11) is 1.67. The van der Waals surface area contributed by atoms with Crippen LogP contribution in [0.1, 0.15) is 28.8 Å². The van der Waals surface area contributed by atoms with Gasteiger partial charge in [-0.1, -0.05) is 30.3 Å². The van der Waals surface area contributed by atoms with Crippen molar-refractivity contribution in [1.82, 2.24) is 14.9 Å². The van der Waals surface area contributed by atoms with E-state index in [0.717, 1.165) is 18.4 Å². The Labute approximate surface area is 140 Å². The van der Waals surface area contributed by atoms with Crippen LogP contribution < -0.4 is 5.56 Å². The summed E-state index contributed by atoms with van der Waals surface area (Å²) >= 11 is 0. The van der Waals surface area contributed by atoms with Crippen molar-refractivity contribution in [3.05, 3.63) is 64.3 Å². The molecule has 3 rings (SSSR count). The molecule has 0 saturated carbocycles. The van der Waals surface area contributed by atoms with E-state index in [2.05, 4.69) is 9.97 Å². The monoisotopic (exact) mass is 327 g/mol. The minimum absolute atomic E-state index is 0.0429. The lowest BCUT2D eigenvalue weighted by Crippen LogP contribution is -2.53. The maximum absolute atomic E-state index is 12.9. The molecule has 24 heavy (non-hydrogen) atoms. The first-order valence-corrected chi connectivity index (χ1v) is 8.11. The number of amides is 1. The average Bonchev–Trinajstić information content (AvgIpc) is 2.62. The molecule has 1 saturated heterocycles. The van der Waals surface area contributed by atoms with Gasteiger partial charge >= 0.3 is 0 Å². The van der Waals surface area contributed by atoms with Crippen LogP contribution >= 0.6 is 0 Å². The van der Waals surface area contributed by atoms with Crippen LogP contribution in [-0.4, -0.2) is 46.6 Å². The van der Waals surface area contributed by atoms with Gasteiger partial charge in [-0.3, -0.25) is 9.59 Å². The van der Waals surface area contributed by atoms with Crippen molar-refractivity contribution in [3.8, 4) is 0 Å². The highest BCUT2D eigenvalue weighted by molar-refractivity contribution is 5.93. The lowest BCUT2D eigenvalue weighted by molar-refractivity contribution is -0.0118. The maximum Gasteiger partial charge on any atom is 0.263 e. The van der Waals surface area contributed by atoms with Gasteiger partial charge in [0.2, 0.25) is 0 Å². The SMILES string of the molecule is CO[C@H]1CCCN(C(=O)c2cnc[nH]c2=O)[C@H]1Cc1ccccc1. The maximum atomic E-state index is 12.9. The molecule has 1 fully saturated rings. The van der Waals surface area contributed by atoms with Gasteiger partial charge in [0.1, 0.15) is 5.56 Å². The number of hydrogen-bond donors (Lipinski definition) is 1. The Bertz CT molecular complexity index is 744. The second-order valence-electron chi connectivity index (χ2n) is 5.97. The van der Waals surface area contributed by atoms with Crippen molar-refractivity contribution >= 4 is 5.91 Å². The zero-order valence-electron chi connectivity index (χ0n) is 13.6. The number of rotatable bonds is 4. The summed E-state index contributed by atoms with van der Waals surface area (Å²) in [6.07, 6.45) is 5.03. The Morgan fingerprint density at radius 2 is 2.17 bits per heavy atom. The normalized spacial score (nSPS) is 20.8. The summed E-state index contributed by atoms with van der Waals surface area (Å²) < 4.78 is 5.63. The zero-order chi connectivity index (χ0) is 16.9. The summed E-state index contributed by atoms with van der Waals surface area (Å²) in [5, 5.41) is 0. The van der Waals surface area contributed by atoms with Crippen LogP contribution in [0, 0.1) is 0 Å². The van der Waals surface area contributed by atoms with Crippen LogP contribution in [0.25, 0.3) is 0 Å². The Morgan fingerprint density at radius 3 is 2.88 bits per heavy atom.